The average Bonchev–Trinajstić information content (AvgIpc) is 3.47. The monoisotopic (exact) mass is 425 g/mol. The van der Waals surface area contributed by atoms with E-state index >= 15 is 0 Å². The number of hydrogen-bond donors (Lipinski definition) is 1. The van der Waals surface area contributed by atoms with Crippen molar-refractivity contribution in [3.63, 3.8) is 0 Å². The molecule has 0 saturated heterocycles. The van der Waals surface area contributed by atoms with Crippen molar-refractivity contribution < 1.29 is 9.21 Å². The minimum atomic E-state index is -0.270. The van der Waals surface area contributed by atoms with Crippen LogP contribution in [0.4, 0.5) is 0 Å². The number of carbonyl (C=O) groups excluding carboxylic acids is 1. The van der Waals surface area contributed by atoms with Crippen molar-refractivity contribution in [3.05, 3.63) is 70.6 Å². The van der Waals surface area contributed by atoms with Gasteiger partial charge in [0, 0.05) is 18.6 Å². The number of benzene rings is 1. The highest BCUT2D eigenvalue weighted by Crippen LogP contribution is 2.27. The third-order valence-corrected chi connectivity index (χ3v) is 6.26. The van der Waals surface area contributed by atoms with Crippen LogP contribution >= 0.6 is 23.1 Å². The topological polar surface area (TPSA) is 85.8 Å². The molecule has 1 N–H and O–H groups in total. The second kappa shape index (κ2) is 8.62. The van der Waals surface area contributed by atoms with Gasteiger partial charge in [0.15, 0.2) is 11.0 Å². The van der Waals surface area contributed by atoms with Crippen LogP contribution in [0, 0.1) is 6.92 Å². The molecule has 1 atom stereocenters. The van der Waals surface area contributed by atoms with E-state index in [4.69, 9.17) is 4.42 Å². The van der Waals surface area contributed by atoms with Gasteiger partial charge in [-0.05, 0) is 18.6 Å². The second-order valence-electron chi connectivity index (χ2n) is 6.33. The summed E-state index contributed by atoms with van der Waals surface area (Å²) in [5, 5.41) is 15.0. The molecule has 0 spiro atoms. The van der Waals surface area contributed by atoms with Gasteiger partial charge in [-0.3, -0.25) is 4.79 Å². The Morgan fingerprint density at radius 1 is 1.28 bits per heavy atom. The highest BCUT2D eigenvalue weighted by Gasteiger charge is 2.20. The smallest absolute Gasteiger partial charge is 0.231 e. The lowest BCUT2D eigenvalue weighted by Gasteiger charge is -2.17. The predicted molar refractivity (Wildman–Crippen MR) is 113 cm³/mol. The standard InChI is InChI=1S/C20H19N5O2S2/c1-13-15(8-10-27-13)18-23-24-20(25(18)2)29-12-16(26)22-17(19-21-9-11-28-19)14-6-4-3-5-7-14/h3-11,17H,12H2,1-2H3,(H,22,26). The molecule has 4 aromatic rings. The highest BCUT2D eigenvalue weighted by molar-refractivity contribution is 7.99. The van der Waals surface area contributed by atoms with Gasteiger partial charge in [-0.15, -0.1) is 21.5 Å². The van der Waals surface area contributed by atoms with Crippen LogP contribution in [0.2, 0.25) is 0 Å². The molecule has 1 amide bonds. The van der Waals surface area contributed by atoms with E-state index in [0.717, 1.165) is 21.9 Å². The number of aryl methyl sites for hydroxylation is 1. The zero-order valence-corrected chi connectivity index (χ0v) is 17.5. The van der Waals surface area contributed by atoms with Gasteiger partial charge >= 0.3 is 0 Å². The second-order valence-corrected chi connectivity index (χ2v) is 8.19. The van der Waals surface area contributed by atoms with Crippen LogP contribution in [-0.2, 0) is 11.8 Å². The third-order valence-electron chi connectivity index (χ3n) is 4.40. The molecule has 0 aliphatic heterocycles. The number of furan rings is 1. The first-order chi connectivity index (χ1) is 14.1. The van der Waals surface area contributed by atoms with Crippen LogP contribution < -0.4 is 5.32 Å². The van der Waals surface area contributed by atoms with E-state index in [1.165, 1.54) is 23.1 Å². The maximum Gasteiger partial charge on any atom is 0.231 e. The number of thiazole rings is 1. The van der Waals surface area contributed by atoms with Crippen molar-refractivity contribution in [2.45, 2.75) is 18.1 Å². The Balaban J connectivity index is 1.45. The molecule has 0 aliphatic rings. The van der Waals surface area contributed by atoms with Crippen molar-refractivity contribution in [2.24, 2.45) is 7.05 Å². The van der Waals surface area contributed by atoms with E-state index in [1.807, 2.05) is 60.3 Å². The van der Waals surface area contributed by atoms with Crippen LogP contribution in [0.25, 0.3) is 11.4 Å². The minimum Gasteiger partial charge on any atom is -0.469 e. The maximum absolute atomic E-state index is 12.7. The van der Waals surface area contributed by atoms with Gasteiger partial charge in [-0.1, -0.05) is 42.1 Å². The molecule has 0 fully saturated rings. The Hall–Kier alpha value is -2.91. The predicted octanol–water partition coefficient (Wildman–Crippen LogP) is 3.84. The SMILES string of the molecule is Cc1occc1-c1nnc(SCC(=O)NC(c2ccccc2)c2nccs2)n1C. The quantitative estimate of drug-likeness (QED) is 0.453. The molecule has 0 saturated carbocycles. The fraction of sp³-hybridized carbons (Fsp3) is 0.200. The Morgan fingerprint density at radius 3 is 2.79 bits per heavy atom. The van der Waals surface area contributed by atoms with Crippen molar-refractivity contribution in [1.82, 2.24) is 25.1 Å². The molecule has 29 heavy (non-hydrogen) atoms. The van der Waals surface area contributed by atoms with Crippen molar-refractivity contribution in [2.75, 3.05) is 5.75 Å². The highest BCUT2D eigenvalue weighted by atomic mass is 32.2. The maximum atomic E-state index is 12.7. The zero-order chi connectivity index (χ0) is 20.2. The number of amides is 1. The molecule has 0 aliphatic carbocycles. The Bertz CT molecular complexity index is 1090. The lowest BCUT2D eigenvalue weighted by Crippen LogP contribution is -2.30. The first-order valence-corrected chi connectivity index (χ1v) is 10.8. The number of hydrogen-bond acceptors (Lipinski definition) is 7. The van der Waals surface area contributed by atoms with E-state index in [-0.39, 0.29) is 17.7 Å². The van der Waals surface area contributed by atoms with Gasteiger partial charge in [0.1, 0.15) is 16.8 Å². The van der Waals surface area contributed by atoms with E-state index in [9.17, 15) is 4.79 Å². The first kappa shape index (κ1) is 19.4. The Kier molecular flexibility index (Phi) is 5.77. The Morgan fingerprint density at radius 2 is 2.10 bits per heavy atom. The van der Waals surface area contributed by atoms with E-state index < -0.39 is 0 Å². The molecule has 3 heterocycles. The van der Waals surface area contributed by atoms with Gasteiger partial charge < -0.3 is 14.3 Å². The van der Waals surface area contributed by atoms with Crippen molar-refractivity contribution in [3.8, 4) is 11.4 Å². The van der Waals surface area contributed by atoms with Crippen LogP contribution in [0.3, 0.4) is 0 Å². The Labute approximate surface area is 176 Å². The summed E-state index contributed by atoms with van der Waals surface area (Å²) in [5.41, 5.74) is 1.89. The van der Waals surface area contributed by atoms with Crippen molar-refractivity contribution in [1.29, 1.82) is 0 Å². The normalized spacial score (nSPS) is 12.1. The largest absolute Gasteiger partial charge is 0.469 e. The van der Waals surface area contributed by atoms with E-state index in [1.54, 1.807) is 12.5 Å². The van der Waals surface area contributed by atoms with Crippen LogP contribution in [-0.4, -0.2) is 31.4 Å². The average molecular weight is 426 g/mol. The molecular weight excluding hydrogens is 406 g/mol. The number of nitrogens with one attached hydrogen (secondary N) is 1. The fourth-order valence-electron chi connectivity index (χ4n) is 2.94. The first-order valence-electron chi connectivity index (χ1n) is 8.94. The molecule has 0 bridgehead atoms. The summed E-state index contributed by atoms with van der Waals surface area (Å²) in [5.74, 6) is 1.63. The molecule has 148 valence electrons. The van der Waals surface area contributed by atoms with Gasteiger partial charge in [0.25, 0.3) is 0 Å². The number of rotatable bonds is 7. The summed E-state index contributed by atoms with van der Waals surface area (Å²) in [6.45, 7) is 1.88. The van der Waals surface area contributed by atoms with Gasteiger partial charge in [-0.2, -0.15) is 0 Å². The summed E-state index contributed by atoms with van der Waals surface area (Å²) in [6.07, 6.45) is 3.37. The van der Waals surface area contributed by atoms with Gasteiger partial charge in [0.2, 0.25) is 5.91 Å². The van der Waals surface area contributed by atoms with Crippen molar-refractivity contribution >= 4 is 29.0 Å². The molecule has 9 heteroatoms. The van der Waals surface area contributed by atoms with Crippen LogP contribution in [0.1, 0.15) is 22.4 Å². The summed E-state index contributed by atoms with van der Waals surface area (Å²) in [6, 6.07) is 11.4. The lowest BCUT2D eigenvalue weighted by molar-refractivity contribution is -0.119. The summed E-state index contributed by atoms with van der Waals surface area (Å²) < 4.78 is 7.21. The molecule has 1 unspecified atom stereocenters. The van der Waals surface area contributed by atoms with Gasteiger partial charge in [0.05, 0.1) is 17.6 Å². The molecule has 4 rings (SSSR count). The number of nitrogens with zero attached hydrogens (tertiary/aromatic N) is 4. The summed E-state index contributed by atoms with van der Waals surface area (Å²) in [7, 11) is 1.88. The number of carbonyl (C=O) groups is 1. The van der Waals surface area contributed by atoms with E-state index in [2.05, 4.69) is 20.5 Å². The van der Waals surface area contributed by atoms with Crippen LogP contribution in [0.15, 0.2) is 63.8 Å². The lowest BCUT2D eigenvalue weighted by atomic mass is 10.1. The van der Waals surface area contributed by atoms with Gasteiger partial charge in [-0.25, -0.2) is 4.98 Å². The van der Waals surface area contributed by atoms with Crippen LogP contribution in [0.5, 0.6) is 0 Å². The fourth-order valence-corrected chi connectivity index (χ4v) is 4.37. The summed E-state index contributed by atoms with van der Waals surface area (Å²) in [4.78, 5) is 17.0. The number of aromatic nitrogens is 4. The number of thioether (sulfide) groups is 1. The molecule has 0 radical (unpaired) electrons. The third kappa shape index (κ3) is 4.25. The molecule has 3 aromatic heterocycles. The summed E-state index contributed by atoms with van der Waals surface area (Å²) >= 11 is 2.86. The molecular formula is C20H19N5O2S2. The zero-order valence-electron chi connectivity index (χ0n) is 15.9. The van der Waals surface area contributed by atoms with E-state index in [0.29, 0.717) is 11.0 Å². The minimum absolute atomic E-state index is 0.0944. The molecule has 7 nitrogen and oxygen atoms in total. The molecule has 1 aromatic carbocycles.